The molecule has 0 bridgehead atoms. The fourth-order valence-electron chi connectivity index (χ4n) is 2.60. The van der Waals surface area contributed by atoms with E-state index in [2.05, 4.69) is 4.90 Å². The van der Waals surface area contributed by atoms with E-state index in [1.54, 1.807) is 6.07 Å². The van der Waals surface area contributed by atoms with E-state index in [1.165, 1.54) is 19.3 Å². The Kier molecular flexibility index (Phi) is 4.98. The Labute approximate surface area is 119 Å². The molecule has 5 nitrogen and oxygen atoms in total. The molecular weight excluding hydrogens is 256 g/mol. The zero-order chi connectivity index (χ0) is 14.5. The molecule has 4 N–H and O–H groups in total. The van der Waals surface area contributed by atoms with Gasteiger partial charge in [0.2, 0.25) is 5.91 Å². The van der Waals surface area contributed by atoms with E-state index in [9.17, 15) is 15.0 Å². The van der Waals surface area contributed by atoms with Crippen LogP contribution in [0.1, 0.15) is 37.4 Å². The number of amides is 1. The van der Waals surface area contributed by atoms with Crippen LogP contribution in [0, 0.1) is 0 Å². The molecule has 2 rings (SSSR count). The quantitative estimate of drug-likeness (QED) is 0.748. The molecule has 0 radical (unpaired) electrons. The highest BCUT2D eigenvalue weighted by Gasteiger charge is 2.21. The van der Waals surface area contributed by atoms with E-state index < -0.39 is 18.1 Å². The van der Waals surface area contributed by atoms with Gasteiger partial charge in [-0.2, -0.15) is 0 Å². The Hall–Kier alpha value is -1.59. The van der Waals surface area contributed by atoms with Crippen LogP contribution in [-0.4, -0.2) is 35.3 Å². The molecule has 1 fully saturated rings. The third-order valence-corrected chi connectivity index (χ3v) is 3.71. The van der Waals surface area contributed by atoms with Gasteiger partial charge in [-0.25, -0.2) is 0 Å². The monoisotopic (exact) mass is 278 g/mol. The zero-order valence-electron chi connectivity index (χ0n) is 11.5. The van der Waals surface area contributed by atoms with E-state index in [4.69, 9.17) is 5.73 Å². The van der Waals surface area contributed by atoms with Gasteiger partial charge in [-0.3, -0.25) is 4.79 Å². The number of aliphatic hydroxyl groups is 2. The van der Waals surface area contributed by atoms with Crippen LogP contribution < -0.4 is 10.6 Å². The van der Waals surface area contributed by atoms with Gasteiger partial charge >= 0.3 is 0 Å². The number of aliphatic hydroxyl groups excluding tert-OH is 2. The highest BCUT2D eigenvalue weighted by molar-refractivity contribution is 5.74. The lowest BCUT2D eigenvalue weighted by molar-refractivity contribution is -0.121. The molecule has 0 aliphatic carbocycles. The van der Waals surface area contributed by atoms with Crippen molar-refractivity contribution in [1.82, 2.24) is 0 Å². The van der Waals surface area contributed by atoms with Gasteiger partial charge in [-0.15, -0.1) is 0 Å². The maximum Gasteiger partial charge on any atom is 0.220 e. The molecule has 5 heteroatoms. The molecule has 2 atom stereocenters. The molecule has 1 aromatic carbocycles. The fraction of sp³-hybridized carbons (Fsp3) is 0.533. The number of nitrogens with two attached hydrogens (primary N) is 1. The van der Waals surface area contributed by atoms with Crippen LogP contribution in [0.5, 0.6) is 0 Å². The van der Waals surface area contributed by atoms with Gasteiger partial charge in [0.15, 0.2) is 0 Å². The molecule has 1 saturated heterocycles. The first-order chi connectivity index (χ1) is 9.58. The van der Waals surface area contributed by atoms with Crippen LogP contribution in [-0.2, 0) is 4.79 Å². The van der Waals surface area contributed by atoms with E-state index >= 15 is 0 Å². The maximum absolute atomic E-state index is 10.8. The summed E-state index contributed by atoms with van der Waals surface area (Å²) in [4.78, 5) is 13.1. The van der Waals surface area contributed by atoms with Crippen molar-refractivity contribution in [1.29, 1.82) is 0 Å². The minimum atomic E-state index is -1.16. The number of nitrogens with zero attached hydrogens (tertiary/aromatic N) is 1. The summed E-state index contributed by atoms with van der Waals surface area (Å²) in [5.74, 6) is -0.622. The Morgan fingerprint density at radius 1 is 1.25 bits per heavy atom. The minimum absolute atomic E-state index is 0.241. The van der Waals surface area contributed by atoms with Crippen molar-refractivity contribution < 1.29 is 15.0 Å². The molecule has 0 spiro atoms. The van der Waals surface area contributed by atoms with Crippen LogP contribution in [0.15, 0.2) is 24.3 Å². The number of piperidine rings is 1. The molecule has 1 aliphatic rings. The van der Waals surface area contributed by atoms with Crippen molar-refractivity contribution in [3.05, 3.63) is 29.8 Å². The molecule has 1 aromatic rings. The molecule has 110 valence electrons. The highest BCUT2D eigenvalue weighted by atomic mass is 16.3. The summed E-state index contributed by atoms with van der Waals surface area (Å²) in [6.07, 6.45) is 1.12. The minimum Gasteiger partial charge on any atom is -0.390 e. The number of hydrogen-bond acceptors (Lipinski definition) is 4. The molecule has 0 aromatic heterocycles. The topological polar surface area (TPSA) is 86.8 Å². The second-order valence-electron chi connectivity index (χ2n) is 5.33. The van der Waals surface area contributed by atoms with E-state index in [0.717, 1.165) is 18.8 Å². The average Bonchev–Trinajstić information content (AvgIpc) is 2.47. The predicted molar refractivity (Wildman–Crippen MR) is 77.3 cm³/mol. The number of benzene rings is 1. The summed E-state index contributed by atoms with van der Waals surface area (Å²) >= 11 is 0. The van der Waals surface area contributed by atoms with Crippen molar-refractivity contribution in [3.8, 4) is 0 Å². The van der Waals surface area contributed by atoms with Gasteiger partial charge in [0.25, 0.3) is 0 Å². The van der Waals surface area contributed by atoms with E-state index in [-0.39, 0.29) is 6.42 Å². The van der Waals surface area contributed by atoms with Crippen LogP contribution in [0.3, 0.4) is 0 Å². The first kappa shape index (κ1) is 14.8. The van der Waals surface area contributed by atoms with E-state index in [0.29, 0.717) is 5.56 Å². The number of carbonyl (C=O) groups is 1. The highest BCUT2D eigenvalue weighted by Crippen LogP contribution is 2.25. The van der Waals surface area contributed by atoms with Crippen molar-refractivity contribution >= 4 is 11.6 Å². The first-order valence-electron chi connectivity index (χ1n) is 7.07. The lowest BCUT2D eigenvalue weighted by atomic mass is 10.0. The van der Waals surface area contributed by atoms with Crippen LogP contribution in [0.25, 0.3) is 0 Å². The van der Waals surface area contributed by atoms with Crippen molar-refractivity contribution in [3.63, 3.8) is 0 Å². The summed E-state index contributed by atoms with van der Waals surface area (Å²) in [6, 6.07) is 7.49. The molecular formula is C15H22N2O3. The summed E-state index contributed by atoms with van der Waals surface area (Å²) < 4.78 is 0. The third-order valence-electron chi connectivity index (χ3n) is 3.71. The number of rotatable bonds is 5. The number of carbonyl (C=O) groups excluding carboxylic acids is 1. The van der Waals surface area contributed by atoms with Gasteiger partial charge in [0.1, 0.15) is 6.10 Å². The van der Waals surface area contributed by atoms with E-state index in [1.807, 2.05) is 18.2 Å². The molecule has 0 saturated carbocycles. The number of primary amides is 1. The lowest BCUT2D eigenvalue weighted by Crippen LogP contribution is -2.30. The molecule has 1 heterocycles. The molecule has 2 unspecified atom stereocenters. The lowest BCUT2D eigenvalue weighted by Gasteiger charge is -2.29. The van der Waals surface area contributed by atoms with Gasteiger partial charge in [0, 0.05) is 18.8 Å². The SMILES string of the molecule is NC(=O)CC(O)C(O)c1cccc(N2CCCCC2)c1. The fourth-order valence-corrected chi connectivity index (χ4v) is 2.60. The predicted octanol–water partition coefficient (Wildman–Crippen LogP) is 0.947. The first-order valence-corrected chi connectivity index (χ1v) is 7.07. The Balaban J connectivity index is 2.10. The summed E-state index contributed by atoms with van der Waals surface area (Å²) in [7, 11) is 0. The molecule has 20 heavy (non-hydrogen) atoms. The standard InChI is InChI=1S/C15H22N2O3/c16-14(19)10-13(18)15(20)11-5-4-6-12(9-11)17-7-2-1-3-8-17/h4-6,9,13,15,18,20H,1-3,7-8,10H2,(H2,16,19). The van der Waals surface area contributed by atoms with Crippen LogP contribution in [0.2, 0.25) is 0 Å². The number of anilines is 1. The largest absolute Gasteiger partial charge is 0.390 e. The summed E-state index contributed by atoms with van der Waals surface area (Å²) in [6.45, 7) is 2.03. The maximum atomic E-state index is 10.8. The normalized spacial score (nSPS) is 18.6. The Morgan fingerprint density at radius 2 is 1.95 bits per heavy atom. The van der Waals surface area contributed by atoms with Gasteiger partial charge in [-0.1, -0.05) is 12.1 Å². The smallest absolute Gasteiger partial charge is 0.220 e. The second kappa shape index (κ2) is 6.72. The van der Waals surface area contributed by atoms with Crippen LogP contribution in [0.4, 0.5) is 5.69 Å². The van der Waals surface area contributed by atoms with Gasteiger partial charge in [-0.05, 0) is 37.0 Å². The van der Waals surface area contributed by atoms with Crippen molar-refractivity contribution in [2.24, 2.45) is 5.73 Å². The average molecular weight is 278 g/mol. The van der Waals surface area contributed by atoms with Crippen molar-refractivity contribution in [2.75, 3.05) is 18.0 Å². The second-order valence-corrected chi connectivity index (χ2v) is 5.33. The Bertz CT molecular complexity index is 458. The number of hydrogen-bond donors (Lipinski definition) is 3. The van der Waals surface area contributed by atoms with Gasteiger partial charge < -0.3 is 20.8 Å². The molecule has 1 amide bonds. The van der Waals surface area contributed by atoms with Gasteiger partial charge in [0.05, 0.1) is 12.5 Å². The van der Waals surface area contributed by atoms with Crippen LogP contribution >= 0.6 is 0 Å². The zero-order valence-corrected chi connectivity index (χ0v) is 11.5. The van der Waals surface area contributed by atoms with Crippen molar-refractivity contribution in [2.45, 2.75) is 37.9 Å². The molecule has 1 aliphatic heterocycles. The summed E-state index contributed by atoms with van der Waals surface area (Å²) in [5.41, 5.74) is 6.70. The third kappa shape index (κ3) is 3.71. The Morgan fingerprint density at radius 3 is 2.60 bits per heavy atom. The summed E-state index contributed by atoms with van der Waals surface area (Å²) in [5, 5.41) is 19.9.